The van der Waals surface area contributed by atoms with Crippen LogP contribution < -0.4 is 20.9 Å². The summed E-state index contributed by atoms with van der Waals surface area (Å²) in [5.41, 5.74) is 5.11. The minimum Gasteiger partial charge on any atom is -0.361 e. The number of unbranched alkanes of at least 4 members (excludes halogenated alkanes) is 2. The lowest BCUT2D eigenvalue weighted by Gasteiger charge is -2.12. The molecule has 0 saturated carbocycles. The van der Waals surface area contributed by atoms with Crippen LogP contribution in [0.1, 0.15) is 36.5 Å². The molecule has 10 heteroatoms. The number of halogens is 1. The molecule has 0 aliphatic heterocycles. The van der Waals surface area contributed by atoms with Crippen LogP contribution in [0.25, 0.3) is 0 Å². The van der Waals surface area contributed by atoms with Gasteiger partial charge in [0.15, 0.2) is 5.11 Å². The normalized spacial score (nSPS) is 11.0. The number of amides is 1. The van der Waals surface area contributed by atoms with Gasteiger partial charge in [0.05, 0.1) is 5.02 Å². The number of hydrogen-bond donors (Lipinski definition) is 4. The van der Waals surface area contributed by atoms with Crippen LogP contribution in [-0.4, -0.2) is 33.0 Å². The first-order valence-electron chi connectivity index (χ1n) is 7.39. The minimum absolute atomic E-state index is 0.0296. The van der Waals surface area contributed by atoms with Crippen molar-refractivity contribution in [1.29, 1.82) is 0 Å². The van der Waals surface area contributed by atoms with Crippen LogP contribution >= 0.6 is 23.8 Å². The molecule has 1 rings (SSSR count). The van der Waals surface area contributed by atoms with Gasteiger partial charge in [-0.25, -0.2) is 13.1 Å². The molecule has 0 aromatic heterocycles. The van der Waals surface area contributed by atoms with Crippen LogP contribution in [0.15, 0.2) is 23.1 Å². The summed E-state index contributed by atoms with van der Waals surface area (Å²) >= 11 is 10.9. The van der Waals surface area contributed by atoms with E-state index < -0.39 is 15.9 Å². The lowest BCUT2D eigenvalue weighted by Crippen LogP contribution is -2.47. The molecule has 7 nitrogen and oxygen atoms in total. The molecule has 0 unspecified atom stereocenters. The van der Waals surface area contributed by atoms with Gasteiger partial charge in [0.2, 0.25) is 10.0 Å². The highest BCUT2D eigenvalue weighted by Gasteiger charge is 2.18. The predicted octanol–water partition coefficient (Wildman–Crippen LogP) is 1.55. The lowest BCUT2D eigenvalue weighted by molar-refractivity contribution is 0.0943. The van der Waals surface area contributed by atoms with E-state index in [0.717, 1.165) is 19.3 Å². The fraction of sp³-hybridized carbons (Fsp3) is 0.429. The van der Waals surface area contributed by atoms with Crippen molar-refractivity contribution in [3.05, 3.63) is 28.8 Å². The van der Waals surface area contributed by atoms with Crippen molar-refractivity contribution in [2.75, 3.05) is 13.6 Å². The van der Waals surface area contributed by atoms with Gasteiger partial charge in [-0.05, 0) is 43.9 Å². The van der Waals surface area contributed by atoms with Crippen LogP contribution in [0.3, 0.4) is 0 Å². The number of thiocarbonyl (C=S) groups is 1. The molecule has 0 heterocycles. The maximum absolute atomic E-state index is 12.1. The fourth-order valence-electron chi connectivity index (χ4n) is 1.77. The van der Waals surface area contributed by atoms with Crippen LogP contribution in [0.5, 0.6) is 0 Å². The Balaban J connectivity index is 2.66. The molecule has 1 amide bonds. The zero-order valence-corrected chi connectivity index (χ0v) is 15.9. The zero-order valence-electron chi connectivity index (χ0n) is 13.5. The first-order chi connectivity index (χ1) is 11.3. The first kappa shape index (κ1) is 20.6. The van der Waals surface area contributed by atoms with Crippen LogP contribution in [0.2, 0.25) is 5.02 Å². The molecule has 1 aromatic rings. The summed E-state index contributed by atoms with van der Waals surface area (Å²) in [7, 11) is -2.49. The average Bonchev–Trinajstić information content (AvgIpc) is 2.56. The van der Waals surface area contributed by atoms with E-state index in [-0.39, 0.29) is 20.6 Å². The number of carbonyl (C=O) groups excluding carboxylic acids is 1. The van der Waals surface area contributed by atoms with Crippen molar-refractivity contribution in [2.24, 2.45) is 0 Å². The molecule has 0 spiro atoms. The second kappa shape index (κ2) is 9.77. The van der Waals surface area contributed by atoms with Crippen LogP contribution in [0, 0.1) is 0 Å². The molecule has 0 radical (unpaired) electrons. The standard InChI is InChI=1S/C14H21ClN4O3S2/c1-3-4-5-8-17-14(23)19-18-13(20)10-6-7-11(15)12(9-10)24(21,22)16-2/h6-7,9,16H,3-5,8H2,1-2H3,(H,18,20)(H2,17,19,23). The Bertz CT molecular complexity index is 695. The maximum atomic E-state index is 12.1. The van der Waals surface area contributed by atoms with E-state index in [9.17, 15) is 13.2 Å². The largest absolute Gasteiger partial charge is 0.361 e. The molecule has 0 atom stereocenters. The maximum Gasteiger partial charge on any atom is 0.269 e. The zero-order chi connectivity index (χ0) is 18.2. The molecular weight excluding hydrogens is 372 g/mol. The van der Waals surface area contributed by atoms with Gasteiger partial charge in [0, 0.05) is 12.1 Å². The van der Waals surface area contributed by atoms with Crippen molar-refractivity contribution < 1.29 is 13.2 Å². The van der Waals surface area contributed by atoms with Gasteiger partial charge >= 0.3 is 0 Å². The Morgan fingerprint density at radius 2 is 1.96 bits per heavy atom. The minimum atomic E-state index is -3.75. The van der Waals surface area contributed by atoms with E-state index in [2.05, 4.69) is 27.8 Å². The van der Waals surface area contributed by atoms with Crippen molar-refractivity contribution in [3.8, 4) is 0 Å². The molecule has 0 aliphatic rings. The van der Waals surface area contributed by atoms with Crippen molar-refractivity contribution in [3.63, 3.8) is 0 Å². The summed E-state index contributed by atoms with van der Waals surface area (Å²) in [6, 6.07) is 3.97. The third-order valence-corrected chi connectivity index (χ3v) is 5.25. The van der Waals surface area contributed by atoms with Gasteiger partial charge in [-0.3, -0.25) is 15.6 Å². The van der Waals surface area contributed by atoms with E-state index in [1.807, 2.05) is 0 Å². The number of rotatable bonds is 7. The second-order valence-corrected chi connectivity index (χ2v) is 7.57. The number of sulfonamides is 1. The van der Waals surface area contributed by atoms with Crippen molar-refractivity contribution >= 4 is 44.9 Å². The summed E-state index contributed by atoms with van der Waals surface area (Å²) in [4.78, 5) is 11.9. The van der Waals surface area contributed by atoms with Gasteiger partial charge in [0.25, 0.3) is 5.91 Å². The van der Waals surface area contributed by atoms with Crippen LogP contribution in [0.4, 0.5) is 0 Å². The highest BCUT2D eigenvalue weighted by atomic mass is 35.5. The van der Waals surface area contributed by atoms with E-state index in [1.54, 1.807) is 0 Å². The summed E-state index contributed by atoms with van der Waals surface area (Å²) in [5.74, 6) is -0.531. The molecule has 1 aromatic carbocycles. The van der Waals surface area contributed by atoms with Crippen molar-refractivity contribution in [1.82, 2.24) is 20.9 Å². The quantitative estimate of drug-likeness (QED) is 0.319. The second-order valence-electron chi connectivity index (χ2n) is 4.89. The molecular formula is C14H21ClN4O3S2. The van der Waals surface area contributed by atoms with E-state index in [4.69, 9.17) is 23.8 Å². The molecule has 4 N–H and O–H groups in total. The Labute approximate surface area is 152 Å². The number of hydrazine groups is 1. The number of carbonyl (C=O) groups is 1. The summed E-state index contributed by atoms with van der Waals surface area (Å²) in [6.45, 7) is 2.81. The molecule has 24 heavy (non-hydrogen) atoms. The van der Waals surface area contributed by atoms with E-state index in [1.165, 1.54) is 25.2 Å². The van der Waals surface area contributed by atoms with Gasteiger partial charge < -0.3 is 5.32 Å². The summed E-state index contributed by atoms with van der Waals surface area (Å²) in [6.07, 6.45) is 3.18. The molecule has 0 saturated heterocycles. The summed E-state index contributed by atoms with van der Waals surface area (Å²) < 4.78 is 25.9. The third kappa shape index (κ3) is 6.23. The summed E-state index contributed by atoms with van der Waals surface area (Å²) in [5, 5.41) is 3.27. The molecule has 0 aliphatic carbocycles. The predicted molar refractivity (Wildman–Crippen MR) is 98.4 cm³/mol. The highest BCUT2D eigenvalue weighted by Crippen LogP contribution is 2.22. The monoisotopic (exact) mass is 392 g/mol. The van der Waals surface area contributed by atoms with E-state index in [0.29, 0.717) is 6.54 Å². The average molecular weight is 393 g/mol. The Kier molecular flexibility index (Phi) is 8.40. The molecule has 134 valence electrons. The highest BCUT2D eigenvalue weighted by molar-refractivity contribution is 7.89. The van der Waals surface area contributed by atoms with E-state index >= 15 is 0 Å². The Hall–Kier alpha value is -1.42. The fourth-order valence-corrected chi connectivity index (χ4v) is 3.17. The topological polar surface area (TPSA) is 99.3 Å². The van der Waals surface area contributed by atoms with Gasteiger partial charge in [-0.15, -0.1) is 0 Å². The number of nitrogens with one attached hydrogen (secondary N) is 4. The Morgan fingerprint density at radius 1 is 1.25 bits per heavy atom. The Morgan fingerprint density at radius 3 is 2.58 bits per heavy atom. The van der Waals surface area contributed by atoms with Crippen LogP contribution in [-0.2, 0) is 10.0 Å². The lowest BCUT2D eigenvalue weighted by atomic mass is 10.2. The number of hydrogen-bond acceptors (Lipinski definition) is 4. The third-order valence-electron chi connectivity index (χ3n) is 3.11. The number of benzene rings is 1. The SMILES string of the molecule is CCCCCNC(=S)NNC(=O)c1ccc(Cl)c(S(=O)(=O)NC)c1. The van der Waals surface area contributed by atoms with Crippen molar-refractivity contribution in [2.45, 2.75) is 31.1 Å². The molecule has 0 bridgehead atoms. The van der Waals surface area contributed by atoms with Gasteiger partial charge in [-0.1, -0.05) is 31.4 Å². The molecule has 0 fully saturated rings. The smallest absolute Gasteiger partial charge is 0.269 e. The van der Waals surface area contributed by atoms with Gasteiger partial charge in [0.1, 0.15) is 4.90 Å². The van der Waals surface area contributed by atoms with Gasteiger partial charge in [-0.2, -0.15) is 0 Å². The first-order valence-corrected chi connectivity index (χ1v) is 9.66.